The van der Waals surface area contributed by atoms with Gasteiger partial charge in [0.15, 0.2) is 0 Å². The molecule has 1 nitrogen and oxygen atoms in total. The summed E-state index contributed by atoms with van der Waals surface area (Å²) in [6.07, 6.45) is 3.27. The summed E-state index contributed by atoms with van der Waals surface area (Å²) in [4.78, 5) is 0. The van der Waals surface area contributed by atoms with E-state index in [1.54, 1.807) is 7.11 Å². The van der Waals surface area contributed by atoms with Crippen LogP contribution in [0.4, 0.5) is 0 Å². The molecule has 0 atom stereocenters. The van der Waals surface area contributed by atoms with Gasteiger partial charge >= 0.3 is 0 Å². The van der Waals surface area contributed by atoms with E-state index in [0.717, 1.165) is 12.2 Å². The predicted octanol–water partition coefficient (Wildman–Crippen LogP) is 3.82. The maximum absolute atomic E-state index is 5.38. The fourth-order valence-corrected chi connectivity index (χ4v) is 1.44. The van der Waals surface area contributed by atoms with Crippen LogP contribution in [0.2, 0.25) is 0 Å². The molecule has 0 saturated heterocycles. The average molecular weight is 190 g/mol. The quantitative estimate of drug-likeness (QED) is 0.704. The van der Waals surface area contributed by atoms with Crippen molar-refractivity contribution in [2.24, 2.45) is 0 Å². The molecule has 1 aromatic rings. The van der Waals surface area contributed by atoms with Gasteiger partial charge in [0.05, 0.1) is 7.11 Å². The molecule has 14 heavy (non-hydrogen) atoms. The molecule has 0 aliphatic rings. The van der Waals surface area contributed by atoms with Crippen LogP contribution < -0.4 is 4.74 Å². The second kappa shape index (κ2) is 4.85. The minimum Gasteiger partial charge on any atom is -0.496 e. The van der Waals surface area contributed by atoms with Crippen molar-refractivity contribution < 1.29 is 4.74 Å². The standard InChI is InChI=1S/C13H18O/c1-5-10(2)9-12-8-6-7-11(3)13(12)14-4/h6-9H,5H2,1-4H3/b10-9+. The van der Waals surface area contributed by atoms with Gasteiger partial charge < -0.3 is 4.74 Å². The number of rotatable bonds is 3. The summed E-state index contributed by atoms with van der Waals surface area (Å²) in [6.45, 7) is 6.37. The molecule has 1 aromatic carbocycles. The van der Waals surface area contributed by atoms with Crippen LogP contribution in [0.3, 0.4) is 0 Å². The molecule has 76 valence electrons. The molecular weight excluding hydrogens is 172 g/mol. The Morgan fingerprint density at radius 2 is 2.14 bits per heavy atom. The van der Waals surface area contributed by atoms with Crippen LogP contribution in [0, 0.1) is 6.92 Å². The number of para-hydroxylation sites is 1. The van der Waals surface area contributed by atoms with Crippen LogP contribution >= 0.6 is 0 Å². The zero-order valence-electron chi connectivity index (χ0n) is 9.42. The molecule has 0 radical (unpaired) electrons. The van der Waals surface area contributed by atoms with Gasteiger partial charge in [0, 0.05) is 5.56 Å². The number of benzene rings is 1. The van der Waals surface area contributed by atoms with E-state index in [0.29, 0.717) is 0 Å². The van der Waals surface area contributed by atoms with Crippen molar-refractivity contribution in [3.05, 3.63) is 34.9 Å². The average Bonchev–Trinajstić information content (AvgIpc) is 2.18. The predicted molar refractivity (Wildman–Crippen MR) is 61.7 cm³/mol. The highest BCUT2D eigenvalue weighted by Crippen LogP contribution is 2.25. The molecule has 0 aliphatic heterocycles. The lowest BCUT2D eigenvalue weighted by atomic mass is 10.1. The Labute approximate surface area is 86.4 Å². The highest BCUT2D eigenvalue weighted by molar-refractivity contribution is 5.61. The van der Waals surface area contributed by atoms with Crippen molar-refractivity contribution >= 4 is 6.08 Å². The smallest absolute Gasteiger partial charge is 0.128 e. The number of methoxy groups -OCH3 is 1. The number of ether oxygens (including phenoxy) is 1. The number of hydrogen-bond donors (Lipinski definition) is 0. The first-order valence-electron chi connectivity index (χ1n) is 4.99. The van der Waals surface area contributed by atoms with Crippen molar-refractivity contribution in [3.8, 4) is 5.75 Å². The van der Waals surface area contributed by atoms with Gasteiger partial charge in [-0.05, 0) is 25.8 Å². The normalized spacial score (nSPS) is 11.6. The third-order valence-electron chi connectivity index (χ3n) is 2.41. The lowest BCUT2D eigenvalue weighted by molar-refractivity contribution is 0.410. The van der Waals surface area contributed by atoms with Gasteiger partial charge in [-0.25, -0.2) is 0 Å². The lowest BCUT2D eigenvalue weighted by Crippen LogP contribution is -1.90. The fraction of sp³-hybridized carbons (Fsp3) is 0.385. The van der Waals surface area contributed by atoms with Crippen molar-refractivity contribution in [3.63, 3.8) is 0 Å². The molecule has 0 fully saturated rings. The Morgan fingerprint density at radius 3 is 2.71 bits per heavy atom. The molecule has 1 rings (SSSR count). The third-order valence-corrected chi connectivity index (χ3v) is 2.41. The summed E-state index contributed by atoms with van der Waals surface area (Å²) in [5.74, 6) is 0.986. The van der Waals surface area contributed by atoms with Gasteiger partial charge in [-0.2, -0.15) is 0 Å². The van der Waals surface area contributed by atoms with E-state index in [-0.39, 0.29) is 0 Å². The summed E-state index contributed by atoms with van der Waals surface area (Å²) >= 11 is 0. The Kier molecular flexibility index (Phi) is 3.75. The minimum absolute atomic E-state index is 0.986. The van der Waals surface area contributed by atoms with E-state index in [1.165, 1.54) is 16.7 Å². The van der Waals surface area contributed by atoms with E-state index in [2.05, 4.69) is 45.0 Å². The number of allylic oxidation sites excluding steroid dienone is 1. The van der Waals surface area contributed by atoms with Crippen LogP contribution in [-0.4, -0.2) is 7.11 Å². The van der Waals surface area contributed by atoms with Crippen LogP contribution in [0.1, 0.15) is 31.4 Å². The highest BCUT2D eigenvalue weighted by Gasteiger charge is 2.02. The van der Waals surface area contributed by atoms with Crippen molar-refractivity contribution in [2.45, 2.75) is 27.2 Å². The lowest BCUT2D eigenvalue weighted by Gasteiger charge is -2.08. The summed E-state index contributed by atoms with van der Waals surface area (Å²) in [5, 5.41) is 0. The maximum Gasteiger partial charge on any atom is 0.128 e. The molecule has 0 amide bonds. The Bertz CT molecular complexity index is 337. The second-order valence-corrected chi connectivity index (χ2v) is 3.54. The van der Waals surface area contributed by atoms with Crippen LogP contribution in [0.5, 0.6) is 5.75 Å². The molecule has 0 spiro atoms. The summed E-state index contributed by atoms with van der Waals surface area (Å²) in [7, 11) is 1.72. The Balaban J connectivity index is 3.14. The Morgan fingerprint density at radius 1 is 1.43 bits per heavy atom. The van der Waals surface area contributed by atoms with Gasteiger partial charge in [0.1, 0.15) is 5.75 Å². The third kappa shape index (κ3) is 2.38. The largest absolute Gasteiger partial charge is 0.496 e. The maximum atomic E-state index is 5.38. The van der Waals surface area contributed by atoms with E-state index < -0.39 is 0 Å². The van der Waals surface area contributed by atoms with Gasteiger partial charge in [-0.1, -0.05) is 36.8 Å². The SMILES string of the molecule is CC/C(C)=C/c1cccc(C)c1OC. The topological polar surface area (TPSA) is 9.23 Å². The second-order valence-electron chi connectivity index (χ2n) is 3.54. The Hall–Kier alpha value is -1.24. The van der Waals surface area contributed by atoms with Crippen LogP contribution in [0.15, 0.2) is 23.8 Å². The van der Waals surface area contributed by atoms with Gasteiger partial charge in [0.2, 0.25) is 0 Å². The molecule has 0 aliphatic carbocycles. The van der Waals surface area contributed by atoms with Crippen LogP contribution in [0.25, 0.3) is 6.08 Å². The summed E-state index contributed by atoms with van der Waals surface area (Å²) in [6, 6.07) is 6.22. The van der Waals surface area contributed by atoms with Crippen molar-refractivity contribution in [1.29, 1.82) is 0 Å². The molecule has 0 heterocycles. The molecule has 0 bridgehead atoms. The van der Waals surface area contributed by atoms with Gasteiger partial charge in [-0.15, -0.1) is 0 Å². The highest BCUT2D eigenvalue weighted by atomic mass is 16.5. The van der Waals surface area contributed by atoms with E-state index in [9.17, 15) is 0 Å². The monoisotopic (exact) mass is 190 g/mol. The molecule has 0 unspecified atom stereocenters. The van der Waals surface area contributed by atoms with Crippen molar-refractivity contribution in [2.75, 3.05) is 7.11 Å². The summed E-state index contributed by atoms with van der Waals surface area (Å²) in [5.41, 5.74) is 3.73. The summed E-state index contributed by atoms with van der Waals surface area (Å²) < 4.78 is 5.38. The first kappa shape index (κ1) is 10.8. The zero-order valence-corrected chi connectivity index (χ0v) is 9.42. The molecule has 0 aromatic heterocycles. The molecule has 1 heteroatoms. The van der Waals surface area contributed by atoms with E-state index in [1.807, 2.05) is 0 Å². The number of aryl methyl sites for hydroxylation is 1. The molecule has 0 saturated carbocycles. The van der Waals surface area contributed by atoms with E-state index >= 15 is 0 Å². The van der Waals surface area contributed by atoms with Gasteiger partial charge in [0.25, 0.3) is 0 Å². The van der Waals surface area contributed by atoms with Crippen LogP contribution in [-0.2, 0) is 0 Å². The first-order valence-corrected chi connectivity index (χ1v) is 4.99. The molecular formula is C13H18O. The fourth-order valence-electron chi connectivity index (χ4n) is 1.44. The minimum atomic E-state index is 0.986. The van der Waals surface area contributed by atoms with Gasteiger partial charge in [-0.3, -0.25) is 0 Å². The van der Waals surface area contributed by atoms with Crippen molar-refractivity contribution in [1.82, 2.24) is 0 Å². The number of hydrogen-bond acceptors (Lipinski definition) is 1. The van der Waals surface area contributed by atoms with E-state index in [4.69, 9.17) is 4.74 Å². The zero-order chi connectivity index (χ0) is 10.6. The first-order chi connectivity index (χ1) is 6.69. The molecule has 0 N–H and O–H groups in total.